The first-order chi connectivity index (χ1) is 17.4. The smallest absolute Gasteiger partial charge is 0.413 e. The number of rotatable bonds is 11. The van der Waals surface area contributed by atoms with Crippen LogP contribution in [0.15, 0.2) is 78.9 Å². The molecular weight excluding hydrogens is 462 g/mol. The van der Waals surface area contributed by atoms with Crippen molar-refractivity contribution < 1.29 is 29.0 Å². The molecule has 36 heavy (non-hydrogen) atoms. The molecular formula is C27H27N3O6. The van der Waals surface area contributed by atoms with E-state index in [2.05, 4.69) is 10.6 Å². The van der Waals surface area contributed by atoms with Crippen molar-refractivity contribution in [1.29, 1.82) is 5.41 Å². The number of benzene rings is 3. The standard InChI is InChI=1S/C27H27N3O6/c28-26(30-27(34)36-18-20-5-2-1-3-6-20)21-10-14-23(15-11-21)35-16-4-7-24(31)29-22-12-8-19(9-13-22)17-25(32)33/h1-3,5-6,8-15H,4,7,16-18H2,(H,29,31)(H,32,33)(H2,28,30,34). The number of anilines is 1. The minimum absolute atomic E-state index is 0.0640. The van der Waals surface area contributed by atoms with Gasteiger partial charge in [-0.25, -0.2) is 4.79 Å². The van der Waals surface area contributed by atoms with E-state index in [1.807, 2.05) is 30.3 Å². The Morgan fingerprint density at radius 1 is 0.861 bits per heavy atom. The molecule has 0 aliphatic heterocycles. The number of carboxylic acids is 1. The first kappa shape index (κ1) is 26.0. The highest BCUT2D eigenvalue weighted by atomic mass is 16.5. The molecule has 9 nitrogen and oxygen atoms in total. The number of aliphatic carboxylic acids is 1. The minimum atomic E-state index is -0.907. The Balaban J connectivity index is 1.34. The second-order valence-electron chi connectivity index (χ2n) is 7.85. The normalized spacial score (nSPS) is 10.2. The fourth-order valence-electron chi connectivity index (χ4n) is 3.18. The molecule has 0 heterocycles. The summed E-state index contributed by atoms with van der Waals surface area (Å²) in [5, 5.41) is 22.0. The monoisotopic (exact) mass is 489 g/mol. The van der Waals surface area contributed by atoms with Crippen LogP contribution in [0.2, 0.25) is 0 Å². The van der Waals surface area contributed by atoms with Gasteiger partial charge < -0.3 is 19.9 Å². The van der Waals surface area contributed by atoms with Crippen molar-refractivity contribution in [3.8, 4) is 5.75 Å². The first-order valence-corrected chi connectivity index (χ1v) is 11.3. The summed E-state index contributed by atoms with van der Waals surface area (Å²) in [6.07, 6.45) is -0.0197. The maximum absolute atomic E-state index is 12.1. The Morgan fingerprint density at radius 2 is 1.56 bits per heavy atom. The maximum Gasteiger partial charge on any atom is 0.413 e. The number of carbonyl (C=O) groups excluding carboxylic acids is 2. The molecule has 0 aromatic heterocycles. The van der Waals surface area contributed by atoms with Crippen molar-refractivity contribution in [1.82, 2.24) is 5.32 Å². The fourth-order valence-corrected chi connectivity index (χ4v) is 3.18. The quantitative estimate of drug-likeness (QED) is 0.179. The van der Waals surface area contributed by atoms with E-state index in [0.29, 0.717) is 35.6 Å². The van der Waals surface area contributed by atoms with E-state index in [9.17, 15) is 14.4 Å². The zero-order valence-corrected chi connectivity index (χ0v) is 19.5. The average Bonchev–Trinajstić information content (AvgIpc) is 2.87. The molecule has 0 atom stereocenters. The van der Waals surface area contributed by atoms with Crippen LogP contribution in [0.1, 0.15) is 29.5 Å². The summed E-state index contributed by atoms with van der Waals surface area (Å²) < 4.78 is 10.8. The molecule has 9 heteroatoms. The zero-order chi connectivity index (χ0) is 25.8. The van der Waals surface area contributed by atoms with Crippen molar-refractivity contribution in [2.24, 2.45) is 0 Å². The molecule has 4 N–H and O–H groups in total. The number of amidine groups is 1. The number of hydrogen-bond donors (Lipinski definition) is 4. The lowest BCUT2D eigenvalue weighted by Gasteiger charge is -2.10. The van der Waals surface area contributed by atoms with E-state index < -0.39 is 12.1 Å². The van der Waals surface area contributed by atoms with E-state index in [0.717, 1.165) is 5.56 Å². The lowest BCUT2D eigenvalue weighted by molar-refractivity contribution is -0.136. The Hall–Kier alpha value is -4.66. The van der Waals surface area contributed by atoms with Crippen LogP contribution in [-0.4, -0.2) is 35.5 Å². The van der Waals surface area contributed by atoms with Gasteiger partial charge in [0.1, 0.15) is 18.2 Å². The van der Waals surface area contributed by atoms with E-state index in [1.165, 1.54) is 0 Å². The third-order valence-corrected chi connectivity index (χ3v) is 4.99. The summed E-state index contributed by atoms with van der Waals surface area (Å²) in [5.74, 6) is -0.589. The molecule has 0 fully saturated rings. The molecule has 3 aromatic carbocycles. The molecule has 0 aliphatic carbocycles. The van der Waals surface area contributed by atoms with Crippen molar-refractivity contribution >= 4 is 29.5 Å². The zero-order valence-electron chi connectivity index (χ0n) is 19.5. The predicted molar refractivity (Wildman–Crippen MR) is 134 cm³/mol. The summed E-state index contributed by atoms with van der Waals surface area (Å²) in [7, 11) is 0. The highest BCUT2D eigenvalue weighted by Crippen LogP contribution is 2.14. The molecule has 0 saturated carbocycles. The van der Waals surface area contributed by atoms with Crippen molar-refractivity contribution in [2.75, 3.05) is 11.9 Å². The number of carboxylic acid groups (broad SMARTS) is 1. The average molecular weight is 490 g/mol. The molecule has 0 saturated heterocycles. The van der Waals surface area contributed by atoms with Crippen LogP contribution in [-0.2, 0) is 27.4 Å². The molecule has 0 unspecified atom stereocenters. The van der Waals surface area contributed by atoms with Gasteiger partial charge in [-0.05, 0) is 53.9 Å². The van der Waals surface area contributed by atoms with Gasteiger partial charge >= 0.3 is 12.1 Å². The first-order valence-electron chi connectivity index (χ1n) is 11.3. The van der Waals surface area contributed by atoms with Crippen molar-refractivity contribution in [2.45, 2.75) is 25.9 Å². The van der Waals surface area contributed by atoms with Gasteiger partial charge in [-0.1, -0.05) is 42.5 Å². The van der Waals surface area contributed by atoms with Crippen LogP contribution in [0.5, 0.6) is 5.75 Å². The van der Waals surface area contributed by atoms with Gasteiger partial charge in [0.05, 0.1) is 13.0 Å². The Labute approximate surface area is 208 Å². The van der Waals surface area contributed by atoms with Crippen LogP contribution >= 0.6 is 0 Å². The molecule has 0 spiro atoms. The van der Waals surface area contributed by atoms with Crippen LogP contribution in [0.25, 0.3) is 0 Å². The predicted octanol–water partition coefficient (Wildman–Crippen LogP) is 4.36. The number of amides is 2. The molecule has 3 aromatic rings. The van der Waals surface area contributed by atoms with Crippen molar-refractivity contribution in [3.05, 3.63) is 95.6 Å². The highest BCUT2D eigenvalue weighted by molar-refractivity contribution is 6.04. The van der Waals surface area contributed by atoms with Crippen LogP contribution in [0, 0.1) is 5.41 Å². The second kappa shape index (κ2) is 13.3. The summed E-state index contributed by atoms with van der Waals surface area (Å²) >= 11 is 0. The summed E-state index contributed by atoms with van der Waals surface area (Å²) in [5.41, 5.74) is 2.61. The number of nitrogens with one attached hydrogen (secondary N) is 3. The van der Waals surface area contributed by atoms with E-state index in [-0.39, 0.29) is 31.2 Å². The summed E-state index contributed by atoms with van der Waals surface area (Å²) in [6, 6.07) is 22.6. The largest absolute Gasteiger partial charge is 0.494 e. The van der Waals surface area contributed by atoms with Crippen LogP contribution in [0.3, 0.4) is 0 Å². The van der Waals surface area contributed by atoms with Gasteiger partial charge in [0.25, 0.3) is 0 Å². The van der Waals surface area contributed by atoms with E-state index in [1.54, 1.807) is 48.5 Å². The Morgan fingerprint density at radius 3 is 2.22 bits per heavy atom. The second-order valence-corrected chi connectivity index (χ2v) is 7.85. The summed E-state index contributed by atoms with van der Waals surface area (Å²) in [4.78, 5) is 34.7. The lowest BCUT2D eigenvalue weighted by atomic mass is 10.1. The fraction of sp³-hybridized carbons (Fsp3) is 0.185. The number of carbonyl (C=O) groups is 3. The Bertz CT molecular complexity index is 1180. The third-order valence-electron chi connectivity index (χ3n) is 4.99. The van der Waals surface area contributed by atoms with Gasteiger partial charge in [-0.3, -0.25) is 20.3 Å². The number of hydrogen-bond acceptors (Lipinski definition) is 6. The third kappa shape index (κ3) is 8.94. The number of alkyl carbamates (subject to hydrolysis) is 1. The highest BCUT2D eigenvalue weighted by Gasteiger charge is 2.09. The molecule has 3 rings (SSSR count). The van der Waals surface area contributed by atoms with E-state index in [4.69, 9.17) is 20.0 Å². The maximum atomic E-state index is 12.1. The summed E-state index contributed by atoms with van der Waals surface area (Å²) in [6.45, 7) is 0.440. The lowest BCUT2D eigenvalue weighted by Crippen LogP contribution is -2.30. The molecule has 0 aliphatic rings. The van der Waals surface area contributed by atoms with E-state index >= 15 is 0 Å². The topological polar surface area (TPSA) is 138 Å². The van der Waals surface area contributed by atoms with Crippen LogP contribution in [0.4, 0.5) is 10.5 Å². The van der Waals surface area contributed by atoms with Gasteiger partial charge in [-0.15, -0.1) is 0 Å². The van der Waals surface area contributed by atoms with Gasteiger partial charge in [-0.2, -0.15) is 0 Å². The minimum Gasteiger partial charge on any atom is -0.494 e. The van der Waals surface area contributed by atoms with Gasteiger partial charge in [0, 0.05) is 17.7 Å². The molecule has 186 valence electrons. The van der Waals surface area contributed by atoms with Gasteiger partial charge in [0.15, 0.2) is 0 Å². The SMILES string of the molecule is N=C(NC(=O)OCc1ccccc1)c1ccc(OCCCC(=O)Nc2ccc(CC(=O)O)cc2)cc1. The van der Waals surface area contributed by atoms with Crippen LogP contribution < -0.4 is 15.4 Å². The van der Waals surface area contributed by atoms with Crippen molar-refractivity contribution in [3.63, 3.8) is 0 Å². The van der Waals surface area contributed by atoms with Gasteiger partial charge in [0.2, 0.25) is 5.91 Å². The molecule has 0 radical (unpaired) electrons. The Kier molecular flexibility index (Phi) is 9.58. The molecule has 0 bridgehead atoms. The molecule has 2 amide bonds. The number of ether oxygens (including phenoxy) is 2.